The Balaban J connectivity index is 2.50. The monoisotopic (exact) mass is 235 g/mol. The van der Waals surface area contributed by atoms with Crippen LogP contribution in [-0.2, 0) is 6.42 Å². The van der Waals surface area contributed by atoms with Gasteiger partial charge in [-0.2, -0.15) is 5.10 Å². The van der Waals surface area contributed by atoms with Crippen LogP contribution in [0.15, 0.2) is 24.3 Å². The van der Waals surface area contributed by atoms with Crippen molar-refractivity contribution in [2.75, 3.05) is 6.54 Å². The Morgan fingerprint density at radius 2 is 2.25 bits per heavy atom. The van der Waals surface area contributed by atoms with Gasteiger partial charge in [0.15, 0.2) is 0 Å². The van der Waals surface area contributed by atoms with Gasteiger partial charge in [-0.25, -0.2) is 0 Å². The lowest BCUT2D eigenvalue weighted by Gasteiger charge is -2.03. The molecule has 0 spiro atoms. The summed E-state index contributed by atoms with van der Waals surface area (Å²) in [6.07, 6.45) is 0.770. The van der Waals surface area contributed by atoms with Gasteiger partial charge in [-0.15, -0.1) is 0 Å². The van der Waals surface area contributed by atoms with Crippen molar-refractivity contribution >= 4 is 11.6 Å². The summed E-state index contributed by atoms with van der Waals surface area (Å²) in [6.45, 7) is 2.60. The Morgan fingerprint density at radius 1 is 1.44 bits per heavy atom. The van der Waals surface area contributed by atoms with Crippen LogP contribution in [0, 0.1) is 6.92 Å². The summed E-state index contributed by atoms with van der Waals surface area (Å²) < 4.78 is 0. The summed E-state index contributed by atoms with van der Waals surface area (Å²) >= 11 is 5.99. The molecule has 16 heavy (non-hydrogen) atoms. The molecule has 0 aliphatic rings. The quantitative estimate of drug-likeness (QED) is 0.859. The van der Waals surface area contributed by atoms with E-state index in [0.717, 1.165) is 34.0 Å². The molecule has 0 bridgehead atoms. The second-order valence-corrected chi connectivity index (χ2v) is 4.16. The molecule has 4 heteroatoms. The van der Waals surface area contributed by atoms with Crippen molar-refractivity contribution in [2.24, 2.45) is 5.73 Å². The Morgan fingerprint density at radius 3 is 2.94 bits per heavy atom. The molecule has 2 aromatic rings. The molecule has 1 aromatic heterocycles. The third-order valence-electron chi connectivity index (χ3n) is 2.52. The van der Waals surface area contributed by atoms with Crippen LogP contribution in [0.4, 0.5) is 0 Å². The number of hydrogen-bond donors (Lipinski definition) is 2. The van der Waals surface area contributed by atoms with Crippen LogP contribution in [0.2, 0.25) is 5.02 Å². The maximum Gasteiger partial charge on any atom is 0.0715 e. The summed E-state index contributed by atoms with van der Waals surface area (Å²) in [5, 5.41) is 7.99. The summed E-state index contributed by atoms with van der Waals surface area (Å²) in [4.78, 5) is 0. The van der Waals surface area contributed by atoms with E-state index in [4.69, 9.17) is 17.3 Å². The smallest absolute Gasteiger partial charge is 0.0715 e. The predicted octanol–water partition coefficient (Wildman–Crippen LogP) is 2.54. The number of nitrogens with one attached hydrogen (secondary N) is 1. The average molecular weight is 236 g/mol. The lowest BCUT2D eigenvalue weighted by Crippen LogP contribution is -2.04. The van der Waals surface area contributed by atoms with Gasteiger partial charge >= 0.3 is 0 Å². The summed E-state index contributed by atoms with van der Waals surface area (Å²) in [6, 6.07) is 7.78. The molecule has 0 fully saturated rings. The van der Waals surface area contributed by atoms with Gasteiger partial charge in [0.25, 0.3) is 0 Å². The minimum absolute atomic E-state index is 0.595. The van der Waals surface area contributed by atoms with E-state index < -0.39 is 0 Å². The second-order valence-electron chi connectivity index (χ2n) is 3.72. The molecule has 0 amide bonds. The SMILES string of the molecule is Cc1[nH]nc(CCN)c1-c1cccc(Cl)c1. The van der Waals surface area contributed by atoms with E-state index in [1.54, 1.807) is 0 Å². The molecule has 3 nitrogen and oxygen atoms in total. The number of aromatic nitrogens is 2. The molecule has 0 saturated heterocycles. The van der Waals surface area contributed by atoms with Gasteiger partial charge in [-0.05, 0) is 31.2 Å². The van der Waals surface area contributed by atoms with Gasteiger partial charge in [-0.3, -0.25) is 5.10 Å². The zero-order chi connectivity index (χ0) is 11.5. The number of hydrogen-bond acceptors (Lipinski definition) is 2. The molecule has 0 atom stereocenters. The van der Waals surface area contributed by atoms with Gasteiger partial charge in [0.05, 0.1) is 5.69 Å². The van der Waals surface area contributed by atoms with Crippen molar-refractivity contribution < 1.29 is 0 Å². The van der Waals surface area contributed by atoms with Crippen molar-refractivity contribution in [2.45, 2.75) is 13.3 Å². The van der Waals surface area contributed by atoms with Crippen molar-refractivity contribution in [3.05, 3.63) is 40.7 Å². The molecule has 3 N–H and O–H groups in total. The minimum Gasteiger partial charge on any atom is -0.330 e. The highest BCUT2D eigenvalue weighted by Gasteiger charge is 2.11. The lowest BCUT2D eigenvalue weighted by molar-refractivity contribution is 0.899. The fourth-order valence-electron chi connectivity index (χ4n) is 1.82. The topological polar surface area (TPSA) is 54.7 Å². The molecule has 0 aliphatic carbocycles. The van der Waals surface area contributed by atoms with E-state index in [-0.39, 0.29) is 0 Å². The van der Waals surface area contributed by atoms with Crippen LogP contribution in [0.25, 0.3) is 11.1 Å². The van der Waals surface area contributed by atoms with Crippen LogP contribution >= 0.6 is 11.6 Å². The molecule has 1 aromatic carbocycles. The van der Waals surface area contributed by atoms with Crippen molar-refractivity contribution in [3.8, 4) is 11.1 Å². The van der Waals surface area contributed by atoms with Gasteiger partial charge in [0.2, 0.25) is 0 Å². The lowest BCUT2D eigenvalue weighted by atomic mass is 10.0. The first-order valence-corrected chi connectivity index (χ1v) is 5.60. The molecule has 2 rings (SSSR count). The third kappa shape index (κ3) is 2.10. The standard InChI is InChI=1S/C12H14ClN3/c1-8-12(11(5-6-14)16-15-8)9-3-2-4-10(13)7-9/h2-4,7H,5-6,14H2,1H3,(H,15,16). The Labute approximate surface area is 99.6 Å². The molecule has 1 heterocycles. The highest BCUT2D eigenvalue weighted by molar-refractivity contribution is 6.30. The largest absolute Gasteiger partial charge is 0.330 e. The number of benzene rings is 1. The second kappa shape index (κ2) is 4.68. The number of aromatic amines is 1. The maximum absolute atomic E-state index is 5.99. The Kier molecular flexibility index (Phi) is 3.27. The molecule has 84 valence electrons. The Hall–Kier alpha value is -1.32. The van der Waals surface area contributed by atoms with Gasteiger partial charge in [0, 0.05) is 22.7 Å². The highest BCUT2D eigenvalue weighted by atomic mass is 35.5. The fraction of sp³-hybridized carbons (Fsp3) is 0.250. The minimum atomic E-state index is 0.595. The van der Waals surface area contributed by atoms with Crippen LogP contribution in [0.5, 0.6) is 0 Å². The number of H-pyrrole nitrogens is 1. The van der Waals surface area contributed by atoms with Crippen LogP contribution < -0.4 is 5.73 Å². The van der Waals surface area contributed by atoms with Crippen LogP contribution in [-0.4, -0.2) is 16.7 Å². The van der Waals surface area contributed by atoms with E-state index in [0.29, 0.717) is 6.54 Å². The highest BCUT2D eigenvalue weighted by Crippen LogP contribution is 2.27. The van der Waals surface area contributed by atoms with E-state index in [1.165, 1.54) is 0 Å². The normalized spacial score (nSPS) is 10.7. The van der Waals surface area contributed by atoms with Gasteiger partial charge in [0.1, 0.15) is 0 Å². The van der Waals surface area contributed by atoms with E-state index in [1.807, 2.05) is 31.2 Å². The van der Waals surface area contributed by atoms with Gasteiger partial charge in [-0.1, -0.05) is 23.7 Å². The average Bonchev–Trinajstić information content (AvgIpc) is 2.60. The molecule has 0 unspecified atom stereocenters. The number of nitrogens with zero attached hydrogens (tertiary/aromatic N) is 1. The van der Waals surface area contributed by atoms with E-state index in [9.17, 15) is 0 Å². The number of aryl methyl sites for hydroxylation is 1. The number of nitrogens with two attached hydrogens (primary N) is 1. The first-order chi connectivity index (χ1) is 7.72. The first kappa shape index (κ1) is 11.2. The summed E-state index contributed by atoms with van der Waals surface area (Å²) in [5.74, 6) is 0. The van der Waals surface area contributed by atoms with Crippen LogP contribution in [0.3, 0.4) is 0 Å². The first-order valence-electron chi connectivity index (χ1n) is 5.22. The van der Waals surface area contributed by atoms with Gasteiger partial charge < -0.3 is 5.73 Å². The van der Waals surface area contributed by atoms with E-state index >= 15 is 0 Å². The molecule has 0 aliphatic heterocycles. The number of halogens is 1. The molecular formula is C12H14ClN3. The molecule has 0 saturated carbocycles. The van der Waals surface area contributed by atoms with Crippen molar-refractivity contribution in [1.82, 2.24) is 10.2 Å². The molecule has 0 radical (unpaired) electrons. The van der Waals surface area contributed by atoms with E-state index in [2.05, 4.69) is 10.2 Å². The number of rotatable bonds is 3. The van der Waals surface area contributed by atoms with Crippen molar-refractivity contribution in [3.63, 3.8) is 0 Å². The zero-order valence-electron chi connectivity index (χ0n) is 9.13. The zero-order valence-corrected chi connectivity index (χ0v) is 9.88. The summed E-state index contributed by atoms with van der Waals surface area (Å²) in [7, 11) is 0. The predicted molar refractivity (Wildman–Crippen MR) is 66.5 cm³/mol. The Bertz CT molecular complexity index is 491. The summed E-state index contributed by atoms with van der Waals surface area (Å²) in [5.41, 5.74) is 9.82. The maximum atomic E-state index is 5.99. The van der Waals surface area contributed by atoms with Crippen LogP contribution in [0.1, 0.15) is 11.4 Å². The molecular weight excluding hydrogens is 222 g/mol. The van der Waals surface area contributed by atoms with Crippen molar-refractivity contribution in [1.29, 1.82) is 0 Å². The fourth-order valence-corrected chi connectivity index (χ4v) is 2.01. The third-order valence-corrected chi connectivity index (χ3v) is 2.75.